The second kappa shape index (κ2) is 8.99. The van der Waals surface area contributed by atoms with E-state index in [9.17, 15) is 14.0 Å². The average Bonchev–Trinajstić information content (AvgIpc) is 3.31. The van der Waals surface area contributed by atoms with Crippen LogP contribution in [0.15, 0.2) is 60.7 Å². The first-order valence-electron chi connectivity index (χ1n) is 9.54. The number of carbonyl (C=O) groups is 2. The fourth-order valence-electron chi connectivity index (χ4n) is 3.56. The summed E-state index contributed by atoms with van der Waals surface area (Å²) in [5.74, 6) is -2.14. The molecule has 1 amide bonds. The van der Waals surface area contributed by atoms with E-state index in [0.29, 0.717) is 21.2 Å². The highest BCUT2D eigenvalue weighted by atomic mass is 35.5. The monoisotopic (exact) mass is 510 g/mol. The number of hydrogen-bond donors (Lipinski definition) is 1. The number of Topliss-reactive ketones (excluding diaryl/α,β-unsaturated/α-hetero) is 1. The third-order valence-corrected chi connectivity index (χ3v) is 6.52. The Morgan fingerprint density at radius 3 is 2.31 bits per heavy atom. The van der Waals surface area contributed by atoms with E-state index in [-0.39, 0.29) is 29.5 Å². The summed E-state index contributed by atoms with van der Waals surface area (Å²) in [6, 6.07) is 15.3. The third-order valence-electron chi connectivity index (χ3n) is 5.14. The highest BCUT2D eigenvalue weighted by Gasteiger charge is 2.67. The molecule has 1 aromatic heterocycles. The van der Waals surface area contributed by atoms with E-state index < -0.39 is 22.1 Å². The predicted molar refractivity (Wildman–Crippen MR) is 124 cm³/mol. The van der Waals surface area contributed by atoms with Crippen molar-refractivity contribution >= 4 is 63.9 Å². The summed E-state index contributed by atoms with van der Waals surface area (Å²) < 4.78 is 11.7. The van der Waals surface area contributed by atoms with Crippen LogP contribution < -0.4 is 5.32 Å². The van der Waals surface area contributed by atoms with Gasteiger partial charge in [0.1, 0.15) is 21.7 Å². The zero-order chi connectivity index (χ0) is 23.0. The van der Waals surface area contributed by atoms with Crippen LogP contribution in [-0.2, 0) is 11.2 Å². The molecule has 3 aromatic rings. The average molecular weight is 512 g/mol. The second-order valence-electron chi connectivity index (χ2n) is 7.46. The number of hydrogen-bond acceptors (Lipinski definition) is 3. The zero-order valence-electron chi connectivity index (χ0n) is 16.3. The summed E-state index contributed by atoms with van der Waals surface area (Å²) in [5, 5.41) is 3.50. The minimum atomic E-state index is -1.33. The molecule has 1 aliphatic carbocycles. The number of nitrogens with zero attached hydrogens (tertiary/aromatic N) is 1. The fourth-order valence-corrected chi connectivity index (χ4v) is 4.94. The van der Waals surface area contributed by atoms with Crippen LogP contribution in [0.5, 0.6) is 0 Å². The van der Waals surface area contributed by atoms with Gasteiger partial charge in [-0.15, -0.1) is 23.2 Å². The molecule has 2 aromatic carbocycles. The van der Waals surface area contributed by atoms with E-state index in [1.165, 1.54) is 24.3 Å². The van der Waals surface area contributed by atoms with Crippen molar-refractivity contribution in [2.75, 3.05) is 5.32 Å². The van der Waals surface area contributed by atoms with Gasteiger partial charge in [-0.1, -0.05) is 41.4 Å². The van der Waals surface area contributed by atoms with Crippen molar-refractivity contribution in [3.8, 4) is 0 Å². The lowest BCUT2D eigenvalue weighted by Crippen LogP contribution is -2.18. The van der Waals surface area contributed by atoms with Gasteiger partial charge in [-0.05, 0) is 53.6 Å². The molecule has 1 heterocycles. The maximum atomic E-state index is 13.1. The smallest absolute Gasteiger partial charge is 0.232 e. The number of benzene rings is 2. The van der Waals surface area contributed by atoms with Crippen LogP contribution in [0.4, 0.5) is 10.2 Å². The van der Waals surface area contributed by atoms with Crippen LogP contribution in [-0.4, -0.2) is 21.0 Å². The SMILES string of the molecule is O=C(Cc1ccc(F)cc1)c1cccc(NC(=O)C2C(c3cc(Cl)cc(Cl)c3)C2(Cl)Cl)n1. The molecule has 0 spiro atoms. The van der Waals surface area contributed by atoms with Gasteiger partial charge in [-0.25, -0.2) is 9.37 Å². The number of pyridine rings is 1. The number of rotatable bonds is 6. The molecule has 2 unspecified atom stereocenters. The zero-order valence-corrected chi connectivity index (χ0v) is 19.3. The van der Waals surface area contributed by atoms with Crippen LogP contribution in [0.1, 0.15) is 27.5 Å². The summed E-state index contributed by atoms with van der Waals surface area (Å²) >= 11 is 24.9. The molecule has 1 aliphatic rings. The molecule has 0 bridgehead atoms. The van der Waals surface area contributed by atoms with E-state index in [2.05, 4.69) is 10.3 Å². The van der Waals surface area contributed by atoms with Gasteiger partial charge >= 0.3 is 0 Å². The topological polar surface area (TPSA) is 59.1 Å². The predicted octanol–water partition coefficient (Wildman–Crippen LogP) is 6.48. The molecule has 4 nitrogen and oxygen atoms in total. The minimum Gasteiger partial charge on any atom is -0.310 e. The molecule has 32 heavy (non-hydrogen) atoms. The number of halogens is 5. The Labute approximate surface area is 203 Å². The number of aromatic nitrogens is 1. The molecule has 1 N–H and O–H groups in total. The normalized spacial score (nSPS) is 18.8. The summed E-state index contributed by atoms with van der Waals surface area (Å²) in [6.07, 6.45) is 0.0530. The Morgan fingerprint density at radius 2 is 1.66 bits per heavy atom. The molecule has 0 aliphatic heterocycles. The number of nitrogens with one attached hydrogen (secondary N) is 1. The van der Waals surface area contributed by atoms with Gasteiger partial charge < -0.3 is 5.32 Å². The van der Waals surface area contributed by atoms with Crippen LogP contribution in [0.25, 0.3) is 0 Å². The highest BCUT2D eigenvalue weighted by molar-refractivity contribution is 6.53. The highest BCUT2D eigenvalue weighted by Crippen LogP contribution is 2.65. The first-order valence-corrected chi connectivity index (χ1v) is 11.1. The van der Waals surface area contributed by atoms with E-state index in [1.807, 2.05) is 0 Å². The number of alkyl halides is 2. The maximum absolute atomic E-state index is 13.1. The quantitative estimate of drug-likeness (QED) is 0.304. The Balaban J connectivity index is 1.47. The van der Waals surface area contributed by atoms with Crippen LogP contribution >= 0.6 is 46.4 Å². The van der Waals surface area contributed by atoms with E-state index in [4.69, 9.17) is 46.4 Å². The van der Waals surface area contributed by atoms with Gasteiger partial charge in [0, 0.05) is 22.4 Å². The summed E-state index contributed by atoms with van der Waals surface area (Å²) in [4.78, 5) is 29.6. The molecule has 1 fully saturated rings. The van der Waals surface area contributed by atoms with Crippen molar-refractivity contribution in [1.82, 2.24) is 4.98 Å². The van der Waals surface area contributed by atoms with Gasteiger partial charge in [0.05, 0.1) is 5.92 Å². The lowest BCUT2D eigenvalue weighted by Gasteiger charge is -2.07. The van der Waals surface area contributed by atoms with Crippen molar-refractivity contribution in [2.45, 2.75) is 16.7 Å². The Bertz CT molecular complexity index is 1180. The van der Waals surface area contributed by atoms with E-state index >= 15 is 0 Å². The summed E-state index contributed by atoms with van der Waals surface area (Å²) in [6.45, 7) is 0. The first kappa shape index (κ1) is 23.0. The minimum absolute atomic E-state index is 0.0530. The Morgan fingerprint density at radius 1 is 1.00 bits per heavy atom. The molecule has 164 valence electrons. The van der Waals surface area contributed by atoms with Crippen molar-refractivity contribution in [1.29, 1.82) is 0 Å². The van der Waals surface area contributed by atoms with Crippen LogP contribution in [0.2, 0.25) is 10.0 Å². The van der Waals surface area contributed by atoms with E-state index in [1.54, 1.807) is 36.4 Å². The molecule has 0 radical (unpaired) electrons. The second-order valence-corrected chi connectivity index (χ2v) is 9.77. The van der Waals surface area contributed by atoms with Crippen LogP contribution in [0, 0.1) is 11.7 Å². The van der Waals surface area contributed by atoms with Gasteiger partial charge in [-0.3, -0.25) is 9.59 Å². The number of ketones is 1. The Kier molecular flexibility index (Phi) is 6.46. The molecule has 1 saturated carbocycles. The van der Waals surface area contributed by atoms with Gasteiger partial charge in [0.2, 0.25) is 5.91 Å². The number of carbonyl (C=O) groups excluding carboxylic acids is 2. The fraction of sp³-hybridized carbons (Fsp3) is 0.174. The molecule has 0 saturated heterocycles. The van der Waals surface area contributed by atoms with Crippen molar-refractivity contribution in [3.05, 3.63) is 93.3 Å². The van der Waals surface area contributed by atoms with Crippen molar-refractivity contribution in [2.24, 2.45) is 5.92 Å². The molecule has 9 heteroatoms. The largest absolute Gasteiger partial charge is 0.310 e. The summed E-state index contributed by atoms with van der Waals surface area (Å²) in [7, 11) is 0. The lowest BCUT2D eigenvalue weighted by molar-refractivity contribution is -0.117. The van der Waals surface area contributed by atoms with Crippen molar-refractivity contribution in [3.63, 3.8) is 0 Å². The summed E-state index contributed by atoms with van der Waals surface area (Å²) in [5.41, 5.74) is 1.48. The number of anilines is 1. The lowest BCUT2D eigenvalue weighted by atomic mass is 10.1. The van der Waals surface area contributed by atoms with Crippen LogP contribution in [0.3, 0.4) is 0 Å². The maximum Gasteiger partial charge on any atom is 0.232 e. The third kappa shape index (κ3) is 4.91. The first-order chi connectivity index (χ1) is 15.1. The molecule has 4 rings (SSSR count). The molecular formula is C23H15Cl4FN2O2. The van der Waals surface area contributed by atoms with Crippen molar-refractivity contribution < 1.29 is 14.0 Å². The van der Waals surface area contributed by atoms with Gasteiger partial charge in [0.25, 0.3) is 0 Å². The molecular weight excluding hydrogens is 497 g/mol. The Hall–Kier alpha value is -2.18. The van der Waals surface area contributed by atoms with Gasteiger partial charge in [0.15, 0.2) is 5.78 Å². The van der Waals surface area contributed by atoms with Gasteiger partial charge in [-0.2, -0.15) is 0 Å². The van der Waals surface area contributed by atoms with E-state index in [0.717, 1.165) is 0 Å². The molecule has 2 atom stereocenters. The number of amides is 1. The standard InChI is InChI=1S/C23H15Cl4FN2O2/c24-14-9-13(10-15(25)11-14)20-21(23(20,26)27)22(32)30-19-3-1-2-17(29-19)18(31)8-12-4-6-16(28)7-5-12/h1-7,9-11,20-21H,8H2,(H,29,30,32).